The molecule has 5 nitrogen and oxygen atoms in total. The van der Waals surface area contributed by atoms with Crippen molar-refractivity contribution < 1.29 is 13.5 Å². The van der Waals surface area contributed by atoms with Crippen LogP contribution < -0.4 is 5.32 Å². The fourth-order valence-corrected chi connectivity index (χ4v) is 3.91. The molecule has 6 heteroatoms. The van der Waals surface area contributed by atoms with Gasteiger partial charge in [0, 0.05) is 19.1 Å². The summed E-state index contributed by atoms with van der Waals surface area (Å²) in [7, 11) is -3.08. The number of aliphatic hydroxyl groups is 1. The van der Waals surface area contributed by atoms with Crippen LogP contribution in [0.25, 0.3) is 0 Å². The molecule has 0 saturated carbocycles. The number of hydrogen-bond acceptors (Lipinski definition) is 4. The molecule has 0 aromatic heterocycles. The fourth-order valence-electron chi connectivity index (χ4n) is 2.33. The monoisotopic (exact) mass is 292 g/mol. The standard InChI is InChI=1S/C13H28N2O3S/c1-12(2)13(11-16)14-7-6-10-19(17,18)15-8-4-3-5-9-15/h12-14,16H,3-11H2,1-2H3. The number of nitrogens with zero attached hydrogens (tertiary/aromatic N) is 1. The molecule has 1 rings (SSSR count). The fraction of sp³-hybridized carbons (Fsp3) is 1.00. The quantitative estimate of drug-likeness (QED) is 0.649. The van der Waals surface area contributed by atoms with E-state index in [1.165, 1.54) is 0 Å². The van der Waals surface area contributed by atoms with Gasteiger partial charge in [0.15, 0.2) is 0 Å². The van der Waals surface area contributed by atoms with E-state index in [2.05, 4.69) is 5.32 Å². The maximum absolute atomic E-state index is 12.1. The summed E-state index contributed by atoms with van der Waals surface area (Å²) in [5.74, 6) is 0.555. The molecule has 1 fully saturated rings. The molecular formula is C13H28N2O3S. The first-order chi connectivity index (χ1) is 8.97. The van der Waals surface area contributed by atoms with Gasteiger partial charge in [-0.2, -0.15) is 0 Å². The van der Waals surface area contributed by atoms with E-state index in [1.807, 2.05) is 13.8 Å². The Morgan fingerprint density at radius 1 is 1.21 bits per heavy atom. The lowest BCUT2D eigenvalue weighted by Gasteiger charge is -2.26. The van der Waals surface area contributed by atoms with E-state index < -0.39 is 10.0 Å². The van der Waals surface area contributed by atoms with Crippen molar-refractivity contribution in [2.45, 2.75) is 45.6 Å². The highest BCUT2D eigenvalue weighted by Crippen LogP contribution is 2.13. The van der Waals surface area contributed by atoms with Crippen molar-refractivity contribution in [1.82, 2.24) is 9.62 Å². The molecule has 114 valence electrons. The summed E-state index contributed by atoms with van der Waals surface area (Å²) >= 11 is 0. The second-order valence-electron chi connectivity index (χ2n) is 5.62. The molecule has 0 amide bonds. The predicted molar refractivity (Wildman–Crippen MR) is 77.5 cm³/mol. The van der Waals surface area contributed by atoms with Crippen molar-refractivity contribution >= 4 is 10.0 Å². The summed E-state index contributed by atoms with van der Waals surface area (Å²) in [5.41, 5.74) is 0. The highest BCUT2D eigenvalue weighted by Gasteiger charge is 2.23. The van der Waals surface area contributed by atoms with Gasteiger partial charge in [0.1, 0.15) is 0 Å². The lowest BCUT2D eigenvalue weighted by atomic mass is 10.1. The Hall–Kier alpha value is -0.170. The van der Waals surface area contributed by atoms with Gasteiger partial charge in [0.25, 0.3) is 0 Å². The zero-order valence-electron chi connectivity index (χ0n) is 12.1. The van der Waals surface area contributed by atoms with Gasteiger partial charge in [-0.25, -0.2) is 12.7 Å². The maximum atomic E-state index is 12.1. The van der Waals surface area contributed by atoms with E-state index in [0.29, 0.717) is 32.0 Å². The van der Waals surface area contributed by atoms with Crippen LogP contribution in [0.4, 0.5) is 0 Å². The Morgan fingerprint density at radius 2 is 1.84 bits per heavy atom. The Morgan fingerprint density at radius 3 is 2.37 bits per heavy atom. The first-order valence-corrected chi connectivity index (χ1v) is 8.90. The Balaban J connectivity index is 2.27. The number of aliphatic hydroxyl groups excluding tert-OH is 1. The third kappa shape index (κ3) is 5.77. The molecule has 0 bridgehead atoms. The van der Waals surface area contributed by atoms with Gasteiger partial charge in [-0.15, -0.1) is 0 Å². The smallest absolute Gasteiger partial charge is 0.214 e. The summed E-state index contributed by atoms with van der Waals surface area (Å²) in [5, 5.41) is 12.4. The van der Waals surface area contributed by atoms with Gasteiger partial charge in [0.2, 0.25) is 10.0 Å². The van der Waals surface area contributed by atoms with Crippen LogP contribution in [0.2, 0.25) is 0 Å². The van der Waals surface area contributed by atoms with Crippen LogP contribution in [-0.4, -0.2) is 55.9 Å². The van der Waals surface area contributed by atoms with Crippen molar-refractivity contribution in [2.24, 2.45) is 5.92 Å². The van der Waals surface area contributed by atoms with Crippen molar-refractivity contribution in [3.63, 3.8) is 0 Å². The van der Waals surface area contributed by atoms with Crippen LogP contribution in [0.15, 0.2) is 0 Å². The number of sulfonamides is 1. The first kappa shape index (κ1) is 16.9. The van der Waals surface area contributed by atoms with Gasteiger partial charge in [0.05, 0.1) is 12.4 Å². The molecule has 1 heterocycles. The molecule has 0 spiro atoms. The summed E-state index contributed by atoms with van der Waals surface area (Å²) in [6.07, 6.45) is 3.71. The van der Waals surface area contributed by atoms with Gasteiger partial charge in [-0.3, -0.25) is 0 Å². The Kier molecular flexibility index (Phi) is 7.28. The molecule has 1 atom stereocenters. The minimum atomic E-state index is -3.08. The minimum absolute atomic E-state index is 0.0534. The van der Waals surface area contributed by atoms with Gasteiger partial charge >= 0.3 is 0 Å². The number of rotatable bonds is 8. The zero-order valence-corrected chi connectivity index (χ0v) is 13.0. The van der Waals surface area contributed by atoms with E-state index in [9.17, 15) is 13.5 Å². The number of hydrogen-bond donors (Lipinski definition) is 2. The number of piperidine rings is 1. The van der Waals surface area contributed by atoms with E-state index in [4.69, 9.17) is 0 Å². The molecule has 0 aromatic rings. The van der Waals surface area contributed by atoms with Crippen molar-refractivity contribution in [2.75, 3.05) is 32.0 Å². The second kappa shape index (κ2) is 8.19. The van der Waals surface area contributed by atoms with Crippen molar-refractivity contribution in [3.8, 4) is 0 Å². The van der Waals surface area contributed by atoms with Crippen LogP contribution >= 0.6 is 0 Å². The molecule has 1 aliphatic rings. The largest absolute Gasteiger partial charge is 0.395 e. The molecule has 0 radical (unpaired) electrons. The van der Waals surface area contributed by atoms with Gasteiger partial charge in [-0.1, -0.05) is 20.3 Å². The van der Waals surface area contributed by atoms with Crippen molar-refractivity contribution in [1.29, 1.82) is 0 Å². The van der Waals surface area contributed by atoms with E-state index >= 15 is 0 Å². The molecule has 0 aliphatic carbocycles. The lowest BCUT2D eigenvalue weighted by molar-refractivity contribution is 0.211. The summed E-state index contributed by atoms with van der Waals surface area (Å²) in [6, 6.07) is 0.0534. The molecule has 1 saturated heterocycles. The van der Waals surface area contributed by atoms with Crippen LogP contribution in [0.1, 0.15) is 39.5 Å². The van der Waals surface area contributed by atoms with Crippen LogP contribution in [0.3, 0.4) is 0 Å². The number of nitrogens with one attached hydrogen (secondary N) is 1. The van der Waals surface area contributed by atoms with Crippen molar-refractivity contribution in [3.05, 3.63) is 0 Å². The highest BCUT2D eigenvalue weighted by molar-refractivity contribution is 7.89. The third-order valence-corrected chi connectivity index (χ3v) is 5.65. The summed E-state index contributed by atoms with van der Waals surface area (Å²) in [4.78, 5) is 0. The zero-order chi connectivity index (χ0) is 14.3. The summed E-state index contributed by atoms with van der Waals surface area (Å²) in [6.45, 7) is 6.17. The second-order valence-corrected chi connectivity index (χ2v) is 7.70. The normalized spacial score (nSPS) is 19.8. The SMILES string of the molecule is CC(C)C(CO)NCCCS(=O)(=O)N1CCCCC1. The van der Waals surface area contributed by atoms with Crippen LogP contribution in [0.5, 0.6) is 0 Å². The average Bonchev–Trinajstić information content (AvgIpc) is 2.39. The Labute approximate surface area is 117 Å². The third-order valence-electron chi connectivity index (χ3n) is 3.70. The van der Waals surface area contributed by atoms with Gasteiger partial charge < -0.3 is 10.4 Å². The Bertz CT molecular complexity index is 338. The minimum Gasteiger partial charge on any atom is -0.395 e. The van der Waals surface area contributed by atoms with Crippen LogP contribution in [-0.2, 0) is 10.0 Å². The van der Waals surface area contributed by atoms with E-state index in [0.717, 1.165) is 19.3 Å². The molecule has 2 N–H and O–H groups in total. The molecular weight excluding hydrogens is 264 g/mol. The van der Waals surface area contributed by atoms with E-state index in [1.54, 1.807) is 4.31 Å². The molecule has 1 unspecified atom stereocenters. The predicted octanol–water partition coefficient (Wildman–Crippen LogP) is 0.799. The van der Waals surface area contributed by atoms with E-state index in [-0.39, 0.29) is 18.4 Å². The molecule has 19 heavy (non-hydrogen) atoms. The molecule has 0 aromatic carbocycles. The van der Waals surface area contributed by atoms with Gasteiger partial charge in [-0.05, 0) is 31.7 Å². The highest BCUT2D eigenvalue weighted by atomic mass is 32.2. The topological polar surface area (TPSA) is 69.6 Å². The average molecular weight is 292 g/mol. The summed E-state index contributed by atoms with van der Waals surface area (Å²) < 4.78 is 25.8. The molecule has 1 aliphatic heterocycles. The lowest BCUT2D eigenvalue weighted by Crippen LogP contribution is -2.40. The first-order valence-electron chi connectivity index (χ1n) is 7.29. The maximum Gasteiger partial charge on any atom is 0.214 e. The van der Waals surface area contributed by atoms with Crippen LogP contribution in [0, 0.1) is 5.92 Å².